The van der Waals surface area contributed by atoms with E-state index in [1.54, 1.807) is 6.07 Å². The van der Waals surface area contributed by atoms with E-state index in [1.165, 1.54) is 12.1 Å². The third-order valence-electron chi connectivity index (χ3n) is 5.19. The second kappa shape index (κ2) is 6.82. The second-order valence-electron chi connectivity index (χ2n) is 6.93. The van der Waals surface area contributed by atoms with Gasteiger partial charge in [0.25, 0.3) is 0 Å². The van der Waals surface area contributed by atoms with Crippen LogP contribution in [0.15, 0.2) is 28.8 Å². The Morgan fingerprint density at radius 1 is 1.20 bits per heavy atom. The van der Waals surface area contributed by atoms with Gasteiger partial charge < -0.3 is 15.0 Å². The largest absolute Gasteiger partial charge is 0.379 e. The van der Waals surface area contributed by atoms with Crippen molar-refractivity contribution in [3.63, 3.8) is 0 Å². The number of hydrogen-bond donors (Lipinski definition) is 1. The van der Waals surface area contributed by atoms with E-state index in [1.807, 2.05) is 6.07 Å². The Kier molecular flexibility index (Phi) is 4.54. The molecule has 2 fully saturated rings. The van der Waals surface area contributed by atoms with E-state index in [0.29, 0.717) is 24.9 Å². The fraction of sp³-hybridized carbons (Fsp3) is 0.556. The topological polar surface area (TPSA) is 77.4 Å². The maximum absolute atomic E-state index is 13.8. The van der Waals surface area contributed by atoms with Gasteiger partial charge in [-0.05, 0) is 30.5 Å². The van der Waals surface area contributed by atoms with Crippen molar-refractivity contribution in [3.8, 4) is 0 Å². The second-order valence-corrected chi connectivity index (χ2v) is 6.93. The predicted octanol–water partition coefficient (Wildman–Crippen LogP) is 2.36. The third-order valence-corrected chi connectivity index (χ3v) is 5.19. The standard InChI is InChI=1S/C18H23FN4O2/c19-14-5-3-4-13(12-14)15(23-8-10-24-11-9-23)16-21-17(22-25-16)18(20)6-1-2-7-18/h3-5,12,15H,1-2,6-11,20H2. The monoisotopic (exact) mass is 346 g/mol. The molecule has 2 N–H and O–H groups in total. The first-order valence-corrected chi connectivity index (χ1v) is 8.86. The van der Waals surface area contributed by atoms with E-state index in [9.17, 15) is 4.39 Å². The molecule has 4 rings (SSSR count). The summed E-state index contributed by atoms with van der Waals surface area (Å²) in [6.45, 7) is 2.72. The molecule has 6 nitrogen and oxygen atoms in total. The molecule has 1 saturated heterocycles. The molecule has 25 heavy (non-hydrogen) atoms. The molecule has 0 bridgehead atoms. The maximum Gasteiger partial charge on any atom is 0.248 e. The van der Waals surface area contributed by atoms with Crippen LogP contribution in [0.25, 0.3) is 0 Å². The normalized spacial score (nSPS) is 22.2. The predicted molar refractivity (Wildman–Crippen MR) is 89.3 cm³/mol. The van der Waals surface area contributed by atoms with Gasteiger partial charge in [0, 0.05) is 13.1 Å². The van der Waals surface area contributed by atoms with E-state index in [0.717, 1.165) is 44.3 Å². The minimum atomic E-state index is -0.501. The van der Waals surface area contributed by atoms with E-state index in [2.05, 4.69) is 15.0 Å². The number of halogens is 1. The van der Waals surface area contributed by atoms with Gasteiger partial charge in [0.2, 0.25) is 5.89 Å². The first-order chi connectivity index (χ1) is 12.2. The van der Waals surface area contributed by atoms with Crippen molar-refractivity contribution in [1.82, 2.24) is 15.0 Å². The minimum Gasteiger partial charge on any atom is -0.379 e. The van der Waals surface area contributed by atoms with Crippen LogP contribution in [-0.4, -0.2) is 41.3 Å². The van der Waals surface area contributed by atoms with Crippen molar-refractivity contribution in [1.29, 1.82) is 0 Å². The summed E-state index contributed by atoms with van der Waals surface area (Å²) in [7, 11) is 0. The number of aromatic nitrogens is 2. The van der Waals surface area contributed by atoms with Crippen LogP contribution in [-0.2, 0) is 10.3 Å². The summed E-state index contributed by atoms with van der Waals surface area (Å²) in [5.41, 5.74) is 6.76. The van der Waals surface area contributed by atoms with Gasteiger partial charge in [-0.2, -0.15) is 4.98 Å². The van der Waals surface area contributed by atoms with Crippen LogP contribution in [0.1, 0.15) is 49.0 Å². The highest BCUT2D eigenvalue weighted by Gasteiger charge is 2.38. The molecule has 0 spiro atoms. The van der Waals surface area contributed by atoms with E-state index < -0.39 is 5.54 Å². The molecule has 0 radical (unpaired) electrons. The molecule has 134 valence electrons. The molecule has 1 unspecified atom stereocenters. The first kappa shape index (κ1) is 16.6. The molecule has 1 aliphatic carbocycles. The lowest BCUT2D eigenvalue weighted by Crippen LogP contribution is -2.40. The molecule has 7 heteroatoms. The van der Waals surface area contributed by atoms with Gasteiger partial charge in [-0.25, -0.2) is 4.39 Å². The highest BCUT2D eigenvalue weighted by atomic mass is 19.1. The van der Waals surface area contributed by atoms with Crippen LogP contribution < -0.4 is 5.73 Å². The maximum atomic E-state index is 13.8. The number of hydrogen-bond acceptors (Lipinski definition) is 6. The van der Waals surface area contributed by atoms with Crippen molar-refractivity contribution >= 4 is 0 Å². The average molecular weight is 346 g/mol. The Morgan fingerprint density at radius 2 is 1.96 bits per heavy atom. The molecule has 2 aromatic rings. The molecule has 1 aliphatic heterocycles. The fourth-order valence-corrected chi connectivity index (χ4v) is 3.80. The number of nitrogens with zero attached hydrogens (tertiary/aromatic N) is 3. The minimum absolute atomic E-state index is 0.276. The molecule has 1 aromatic heterocycles. The Hall–Kier alpha value is -1.83. The van der Waals surface area contributed by atoms with Crippen LogP contribution >= 0.6 is 0 Å². The molecular formula is C18H23FN4O2. The number of nitrogens with two attached hydrogens (primary N) is 1. The fourth-order valence-electron chi connectivity index (χ4n) is 3.80. The Morgan fingerprint density at radius 3 is 2.68 bits per heavy atom. The number of morpholine rings is 1. The Labute approximate surface area is 146 Å². The highest BCUT2D eigenvalue weighted by Crippen LogP contribution is 2.36. The number of ether oxygens (including phenoxy) is 1. The summed E-state index contributed by atoms with van der Waals surface area (Å²) < 4.78 is 24.8. The summed E-state index contributed by atoms with van der Waals surface area (Å²) in [5.74, 6) is 0.760. The molecule has 1 atom stereocenters. The quantitative estimate of drug-likeness (QED) is 0.916. The molecular weight excluding hydrogens is 323 g/mol. The SMILES string of the molecule is NC1(c2noc(C(c3cccc(F)c3)N3CCOCC3)n2)CCCC1. The zero-order valence-corrected chi connectivity index (χ0v) is 14.2. The Bertz CT molecular complexity index is 723. The average Bonchev–Trinajstić information content (AvgIpc) is 3.27. The summed E-state index contributed by atoms with van der Waals surface area (Å²) in [5, 5.41) is 4.17. The molecule has 0 amide bonds. The lowest BCUT2D eigenvalue weighted by Gasteiger charge is -2.32. The van der Waals surface area contributed by atoms with Crippen molar-refractivity contribution in [2.75, 3.05) is 26.3 Å². The lowest BCUT2D eigenvalue weighted by atomic mass is 9.98. The van der Waals surface area contributed by atoms with Gasteiger partial charge in [0.1, 0.15) is 11.9 Å². The molecule has 2 aliphatic rings. The zero-order chi connectivity index (χ0) is 17.3. The van der Waals surface area contributed by atoms with Crippen LogP contribution in [0.4, 0.5) is 4.39 Å². The van der Waals surface area contributed by atoms with E-state index in [4.69, 9.17) is 15.0 Å². The van der Waals surface area contributed by atoms with Crippen LogP contribution in [0.5, 0.6) is 0 Å². The van der Waals surface area contributed by atoms with Crippen LogP contribution in [0.2, 0.25) is 0 Å². The third kappa shape index (κ3) is 3.31. The van der Waals surface area contributed by atoms with Gasteiger partial charge in [0.15, 0.2) is 5.82 Å². The lowest BCUT2D eigenvalue weighted by molar-refractivity contribution is 0.0180. The van der Waals surface area contributed by atoms with Gasteiger partial charge in [-0.1, -0.05) is 30.1 Å². The molecule has 1 aromatic carbocycles. The van der Waals surface area contributed by atoms with Crippen molar-refractivity contribution in [2.45, 2.75) is 37.3 Å². The van der Waals surface area contributed by atoms with Gasteiger partial charge >= 0.3 is 0 Å². The highest BCUT2D eigenvalue weighted by molar-refractivity contribution is 5.25. The summed E-state index contributed by atoms with van der Waals surface area (Å²) in [6.07, 6.45) is 3.90. The summed E-state index contributed by atoms with van der Waals surface area (Å²) >= 11 is 0. The van der Waals surface area contributed by atoms with Crippen LogP contribution in [0, 0.1) is 5.82 Å². The van der Waals surface area contributed by atoms with Crippen LogP contribution in [0.3, 0.4) is 0 Å². The first-order valence-electron chi connectivity index (χ1n) is 8.86. The number of rotatable bonds is 4. The van der Waals surface area contributed by atoms with Gasteiger partial charge in [0.05, 0.1) is 18.8 Å². The van der Waals surface area contributed by atoms with Gasteiger partial charge in [-0.15, -0.1) is 0 Å². The van der Waals surface area contributed by atoms with E-state index in [-0.39, 0.29) is 11.9 Å². The number of benzene rings is 1. The smallest absolute Gasteiger partial charge is 0.248 e. The van der Waals surface area contributed by atoms with Crippen molar-refractivity contribution < 1.29 is 13.7 Å². The summed E-state index contributed by atoms with van der Waals surface area (Å²) in [4.78, 5) is 6.83. The Balaban J connectivity index is 1.69. The zero-order valence-electron chi connectivity index (χ0n) is 14.2. The molecule has 2 heterocycles. The van der Waals surface area contributed by atoms with Gasteiger partial charge in [-0.3, -0.25) is 4.90 Å². The molecule has 1 saturated carbocycles. The van der Waals surface area contributed by atoms with E-state index >= 15 is 0 Å². The van der Waals surface area contributed by atoms with Crippen molar-refractivity contribution in [2.24, 2.45) is 5.73 Å². The summed E-state index contributed by atoms with van der Waals surface area (Å²) in [6, 6.07) is 6.27. The van der Waals surface area contributed by atoms with Crippen molar-refractivity contribution in [3.05, 3.63) is 47.4 Å².